The number of carbonyl (C=O) groups excluding carboxylic acids is 3. The number of piperidine rings is 1. The van der Waals surface area contributed by atoms with Crippen LogP contribution in [0.5, 0.6) is 0 Å². The molecule has 3 aliphatic rings. The average molecular weight is 441 g/mol. The van der Waals surface area contributed by atoms with Gasteiger partial charge in [-0.2, -0.15) is 0 Å². The summed E-state index contributed by atoms with van der Waals surface area (Å²) in [6.07, 6.45) is 8.29. The van der Waals surface area contributed by atoms with Crippen LogP contribution in [-0.2, 0) is 9.59 Å². The van der Waals surface area contributed by atoms with Crippen LogP contribution in [0.3, 0.4) is 0 Å². The molecule has 3 aliphatic heterocycles. The molecule has 4 rings (SSSR count). The number of nitrogens with zero attached hydrogens (tertiary/aromatic N) is 3. The number of hydrogen-bond donors (Lipinski definition) is 1. The predicted molar refractivity (Wildman–Crippen MR) is 125 cm³/mol. The van der Waals surface area contributed by atoms with Crippen LogP contribution in [0.2, 0.25) is 0 Å². The van der Waals surface area contributed by atoms with E-state index < -0.39 is 0 Å². The van der Waals surface area contributed by atoms with E-state index >= 15 is 0 Å². The lowest BCUT2D eigenvalue weighted by molar-refractivity contribution is -0.122. The quantitative estimate of drug-likeness (QED) is 0.768. The number of nitrogens with one attached hydrogen (secondary N) is 1. The lowest BCUT2D eigenvalue weighted by Crippen LogP contribution is -2.43. The van der Waals surface area contributed by atoms with Crippen molar-refractivity contribution in [3.05, 3.63) is 29.8 Å². The van der Waals surface area contributed by atoms with E-state index in [4.69, 9.17) is 0 Å². The van der Waals surface area contributed by atoms with Gasteiger partial charge >= 0.3 is 0 Å². The maximum Gasteiger partial charge on any atom is 0.253 e. The van der Waals surface area contributed by atoms with Crippen molar-refractivity contribution in [2.75, 3.05) is 44.2 Å². The Bertz CT molecular complexity index is 827. The highest BCUT2D eigenvalue weighted by Crippen LogP contribution is 2.24. The predicted octanol–water partition coefficient (Wildman–Crippen LogP) is 2.80. The van der Waals surface area contributed by atoms with Gasteiger partial charge in [0.25, 0.3) is 5.91 Å². The number of hydrogen-bond acceptors (Lipinski definition) is 4. The van der Waals surface area contributed by atoms with Crippen LogP contribution < -0.4 is 10.2 Å². The zero-order chi connectivity index (χ0) is 22.3. The fourth-order valence-corrected chi connectivity index (χ4v) is 5.21. The largest absolute Gasteiger partial charge is 0.356 e. The van der Waals surface area contributed by atoms with Gasteiger partial charge in [-0.1, -0.05) is 12.5 Å². The maximum atomic E-state index is 13.4. The van der Waals surface area contributed by atoms with Gasteiger partial charge < -0.3 is 15.1 Å². The molecule has 174 valence electrons. The molecule has 7 heteroatoms. The van der Waals surface area contributed by atoms with Crippen molar-refractivity contribution in [1.29, 1.82) is 0 Å². The van der Waals surface area contributed by atoms with Gasteiger partial charge in [0, 0.05) is 56.3 Å². The molecule has 0 saturated carbocycles. The van der Waals surface area contributed by atoms with Gasteiger partial charge in [-0.05, 0) is 69.8 Å². The summed E-state index contributed by atoms with van der Waals surface area (Å²) in [5.74, 6) is 0.265. The summed E-state index contributed by atoms with van der Waals surface area (Å²) >= 11 is 0. The number of benzene rings is 1. The monoisotopic (exact) mass is 440 g/mol. The third-order valence-electron chi connectivity index (χ3n) is 6.99. The number of fused-ring (bicyclic) bond motifs is 1. The minimum Gasteiger partial charge on any atom is -0.356 e. The molecule has 1 unspecified atom stereocenters. The first kappa shape index (κ1) is 22.8. The molecule has 0 radical (unpaired) electrons. The summed E-state index contributed by atoms with van der Waals surface area (Å²) in [4.78, 5) is 44.1. The Kier molecular flexibility index (Phi) is 7.79. The summed E-state index contributed by atoms with van der Waals surface area (Å²) in [7, 11) is 0. The van der Waals surface area contributed by atoms with Crippen molar-refractivity contribution in [2.24, 2.45) is 0 Å². The summed E-state index contributed by atoms with van der Waals surface area (Å²) in [6.45, 7) is 4.72. The highest BCUT2D eigenvalue weighted by Gasteiger charge is 2.26. The lowest BCUT2D eigenvalue weighted by atomic mass is 9.98. The third-order valence-corrected chi connectivity index (χ3v) is 6.99. The molecule has 3 saturated heterocycles. The highest BCUT2D eigenvalue weighted by molar-refractivity contribution is 5.99. The molecule has 1 atom stereocenters. The number of anilines is 1. The standard InChI is InChI=1S/C25H36N4O3/c30-23-19-21-9-1-2-13-27(21)14-3-4-15-28(16-7-12-26-23)25(32)20-8-5-10-22(18-20)29-17-6-11-24(29)31/h5,8,10,18,21H,1-4,6-7,9,11-17,19H2,(H,26,30). The van der Waals surface area contributed by atoms with Gasteiger partial charge in [-0.3, -0.25) is 19.3 Å². The van der Waals surface area contributed by atoms with Crippen LogP contribution in [0.4, 0.5) is 5.69 Å². The van der Waals surface area contributed by atoms with E-state index in [0.29, 0.717) is 37.5 Å². The molecule has 1 aromatic carbocycles. The van der Waals surface area contributed by atoms with Gasteiger partial charge in [0.1, 0.15) is 0 Å². The van der Waals surface area contributed by atoms with Crippen molar-refractivity contribution in [1.82, 2.24) is 15.1 Å². The van der Waals surface area contributed by atoms with Gasteiger partial charge in [0.2, 0.25) is 11.8 Å². The Morgan fingerprint density at radius 2 is 1.69 bits per heavy atom. The molecule has 1 aromatic rings. The van der Waals surface area contributed by atoms with Gasteiger partial charge in [0.15, 0.2) is 0 Å². The van der Waals surface area contributed by atoms with Crippen LogP contribution in [0.25, 0.3) is 0 Å². The highest BCUT2D eigenvalue weighted by atomic mass is 16.2. The first-order valence-corrected chi connectivity index (χ1v) is 12.3. The Hall–Kier alpha value is -2.41. The molecule has 3 amide bonds. The number of carbonyl (C=O) groups is 3. The van der Waals surface area contributed by atoms with E-state index in [-0.39, 0.29) is 17.7 Å². The van der Waals surface area contributed by atoms with E-state index in [1.807, 2.05) is 29.2 Å². The molecule has 0 spiro atoms. The minimum absolute atomic E-state index is 0.00976. The smallest absolute Gasteiger partial charge is 0.253 e. The van der Waals surface area contributed by atoms with E-state index in [2.05, 4.69) is 10.2 Å². The van der Waals surface area contributed by atoms with Crippen LogP contribution in [0.15, 0.2) is 24.3 Å². The van der Waals surface area contributed by atoms with Crippen LogP contribution in [-0.4, -0.2) is 72.8 Å². The van der Waals surface area contributed by atoms with Crippen molar-refractivity contribution in [2.45, 2.75) is 63.8 Å². The summed E-state index contributed by atoms with van der Waals surface area (Å²) < 4.78 is 0. The minimum atomic E-state index is 0.00976. The number of amides is 3. The Labute approximate surface area is 191 Å². The molecule has 0 aromatic heterocycles. The molecule has 0 aliphatic carbocycles. The Morgan fingerprint density at radius 1 is 0.906 bits per heavy atom. The zero-order valence-electron chi connectivity index (χ0n) is 19.1. The molecule has 3 heterocycles. The fraction of sp³-hybridized carbons (Fsp3) is 0.640. The van der Waals surface area contributed by atoms with Crippen molar-refractivity contribution >= 4 is 23.4 Å². The van der Waals surface area contributed by atoms with Crippen molar-refractivity contribution in [3.63, 3.8) is 0 Å². The lowest BCUT2D eigenvalue weighted by Gasteiger charge is -2.35. The SMILES string of the molecule is O=C1CC2CCCCN2CCCCN(C(=O)c2cccc(N3CCCC3=O)c2)CCCN1. The fourth-order valence-electron chi connectivity index (χ4n) is 5.21. The zero-order valence-corrected chi connectivity index (χ0v) is 19.1. The van der Waals surface area contributed by atoms with Crippen LogP contribution in [0.1, 0.15) is 68.1 Å². The first-order chi connectivity index (χ1) is 15.6. The van der Waals surface area contributed by atoms with Gasteiger partial charge in [-0.15, -0.1) is 0 Å². The van der Waals surface area contributed by atoms with E-state index in [1.54, 1.807) is 4.90 Å². The van der Waals surface area contributed by atoms with E-state index in [9.17, 15) is 14.4 Å². The second-order valence-corrected chi connectivity index (χ2v) is 9.29. The van der Waals surface area contributed by atoms with Crippen molar-refractivity contribution in [3.8, 4) is 0 Å². The molecule has 32 heavy (non-hydrogen) atoms. The summed E-state index contributed by atoms with van der Waals surface area (Å²) in [5, 5.41) is 3.06. The molecule has 1 N–H and O–H groups in total. The number of rotatable bonds is 2. The summed E-state index contributed by atoms with van der Waals surface area (Å²) in [5.41, 5.74) is 1.44. The van der Waals surface area contributed by atoms with Crippen LogP contribution >= 0.6 is 0 Å². The Morgan fingerprint density at radius 3 is 2.50 bits per heavy atom. The maximum absolute atomic E-state index is 13.4. The molecule has 3 fully saturated rings. The van der Waals surface area contributed by atoms with Crippen LogP contribution in [0, 0.1) is 0 Å². The molecular formula is C25H36N4O3. The van der Waals surface area contributed by atoms with E-state index in [0.717, 1.165) is 64.0 Å². The topological polar surface area (TPSA) is 73.0 Å². The molecule has 0 bridgehead atoms. The third kappa shape index (κ3) is 5.68. The van der Waals surface area contributed by atoms with Gasteiger partial charge in [0.05, 0.1) is 0 Å². The van der Waals surface area contributed by atoms with Crippen molar-refractivity contribution < 1.29 is 14.4 Å². The second kappa shape index (κ2) is 10.9. The second-order valence-electron chi connectivity index (χ2n) is 9.29. The van der Waals surface area contributed by atoms with Gasteiger partial charge in [-0.25, -0.2) is 0 Å². The average Bonchev–Trinajstić information content (AvgIpc) is 3.24. The molecule has 7 nitrogen and oxygen atoms in total. The molecular weight excluding hydrogens is 404 g/mol. The first-order valence-electron chi connectivity index (χ1n) is 12.3. The summed E-state index contributed by atoms with van der Waals surface area (Å²) in [6, 6.07) is 7.83. The van der Waals surface area contributed by atoms with E-state index in [1.165, 1.54) is 12.8 Å². The normalized spacial score (nSPS) is 24.2. The Balaban J connectivity index is 1.42.